The highest BCUT2D eigenvalue weighted by atomic mass is 32.1. The number of hydrogen-bond acceptors (Lipinski definition) is 5. The van der Waals surface area contributed by atoms with Crippen LogP contribution in [0.5, 0.6) is 0 Å². The van der Waals surface area contributed by atoms with E-state index in [4.69, 9.17) is 0 Å². The van der Waals surface area contributed by atoms with E-state index in [0.717, 1.165) is 35.4 Å². The third kappa shape index (κ3) is 3.05. The number of hydrogen-bond donors (Lipinski definition) is 1. The van der Waals surface area contributed by atoms with Crippen molar-refractivity contribution in [1.29, 1.82) is 0 Å². The number of allylic oxidation sites excluding steroid dienone is 2. The van der Waals surface area contributed by atoms with Crippen LogP contribution in [-0.2, 0) is 27.2 Å². The molecule has 1 saturated carbocycles. The van der Waals surface area contributed by atoms with Crippen molar-refractivity contribution >= 4 is 34.2 Å². The van der Waals surface area contributed by atoms with E-state index in [0.29, 0.717) is 5.13 Å². The van der Waals surface area contributed by atoms with Crippen molar-refractivity contribution < 1.29 is 14.4 Å². The van der Waals surface area contributed by atoms with Gasteiger partial charge in [0.2, 0.25) is 17.7 Å². The first kappa shape index (κ1) is 18.9. The lowest BCUT2D eigenvalue weighted by atomic mass is 9.85. The Balaban J connectivity index is 1.13. The number of imide groups is 1. The molecule has 0 spiro atoms. The van der Waals surface area contributed by atoms with E-state index in [9.17, 15) is 14.4 Å². The minimum absolute atomic E-state index is 0.151. The predicted molar refractivity (Wildman–Crippen MR) is 117 cm³/mol. The van der Waals surface area contributed by atoms with Gasteiger partial charge in [0, 0.05) is 10.9 Å². The van der Waals surface area contributed by atoms with Crippen LogP contribution >= 0.6 is 11.3 Å². The highest BCUT2D eigenvalue weighted by molar-refractivity contribution is 7.14. The average Bonchev–Trinajstić information content (AvgIpc) is 3.55. The minimum atomic E-state index is -0.381. The first-order valence-corrected chi connectivity index (χ1v) is 11.9. The molecule has 2 heterocycles. The number of amides is 3. The van der Waals surface area contributed by atoms with E-state index in [2.05, 4.69) is 40.7 Å². The van der Waals surface area contributed by atoms with Crippen LogP contribution in [0.4, 0.5) is 5.13 Å². The highest BCUT2D eigenvalue weighted by Gasteiger charge is 2.59. The number of likely N-dealkylation sites (tertiary alicyclic amines) is 1. The summed E-state index contributed by atoms with van der Waals surface area (Å²) < 4.78 is 0. The van der Waals surface area contributed by atoms with Crippen molar-refractivity contribution in [2.24, 2.45) is 23.7 Å². The van der Waals surface area contributed by atoms with Crippen LogP contribution in [0.2, 0.25) is 0 Å². The molecule has 3 amide bonds. The second-order valence-corrected chi connectivity index (χ2v) is 9.90. The number of nitrogens with one attached hydrogen (secondary N) is 1. The SMILES string of the molecule is O=C(CN1C(=O)[C@@H]2[C@@H](C1=O)[C@H]1C=C[C@H]2C1)Nc1nc(-c2ccc3c(c2)CCCC3)cs1. The molecule has 2 aromatic rings. The van der Waals surface area contributed by atoms with Crippen LogP contribution in [0.15, 0.2) is 35.7 Å². The fraction of sp³-hybridized carbons (Fsp3) is 0.417. The van der Waals surface area contributed by atoms with E-state index in [1.807, 2.05) is 5.38 Å². The molecule has 6 nitrogen and oxygen atoms in total. The van der Waals surface area contributed by atoms with Gasteiger partial charge in [0.15, 0.2) is 5.13 Å². The molecule has 6 rings (SSSR count). The lowest BCUT2D eigenvalue weighted by Crippen LogP contribution is -2.39. The van der Waals surface area contributed by atoms with Crippen molar-refractivity contribution in [3.05, 3.63) is 46.9 Å². The van der Waals surface area contributed by atoms with Gasteiger partial charge in [0.1, 0.15) is 6.54 Å². The monoisotopic (exact) mass is 433 g/mol. The fourth-order valence-electron chi connectivity index (χ4n) is 5.78. The van der Waals surface area contributed by atoms with Gasteiger partial charge >= 0.3 is 0 Å². The van der Waals surface area contributed by atoms with Crippen molar-refractivity contribution in [1.82, 2.24) is 9.88 Å². The highest BCUT2D eigenvalue weighted by Crippen LogP contribution is 2.52. The third-order valence-corrected chi connectivity index (χ3v) is 8.02. The van der Waals surface area contributed by atoms with E-state index < -0.39 is 0 Å². The van der Waals surface area contributed by atoms with Crippen LogP contribution in [0, 0.1) is 23.7 Å². The van der Waals surface area contributed by atoms with Gasteiger partial charge in [0.25, 0.3) is 0 Å². The molecule has 2 bridgehead atoms. The molecule has 2 fully saturated rings. The smallest absolute Gasteiger partial charge is 0.246 e. The Hall–Kier alpha value is -2.80. The van der Waals surface area contributed by atoms with Crippen LogP contribution in [-0.4, -0.2) is 34.2 Å². The molecule has 31 heavy (non-hydrogen) atoms. The van der Waals surface area contributed by atoms with Gasteiger partial charge in [-0.2, -0.15) is 0 Å². The zero-order chi connectivity index (χ0) is 21.1. The zero-order valence-electron chi connectivity index (χ0n) is 17.0. The molecule has 158 valence electrons. The molecule has 0 unspecified atom stereocenters. The van der Waals surface area contributed by atoms with Crippen molar-refractivity contribution in [2.45, 2.75) is 32.1 Å². The van der Waals surface area contributed by atoms with Crippen LogP contribution < -0.4 is 5.32 Å². The Kier molecular flexibility index (Phi) is 4.35. The Morgan fingerprint density at radius 3 is 2.52 bits per heavy atom. The van der Waals surface area contributed by atoms with Gasteiger partial charge < -0.3 is 5.32 Å². The Morgan fingerprint density at radius 2 is 1.77 bits per heavy atom. The number of aromatic nitrogens is 1. The van der Waals surface area contributed by atoms with Gasteiger partial charge in [-0.25, -0.2) is 4.98 Å². The van der Waals surface area contributed by atoms with E-state index >= 15 is 0 Å². The van der Waals surface area contributed by atoms with Gasteiger partial charge in [-0.15, -0.1) is 11.3 Å². The first-order valence-electron chi connectivity index (χ1n) is 11.0. The van der Waals surface area contributed by atoms with Gasteiger partial charge in [-0.1, -0.05) is 24.3 Å². The van der Waals surface area contributed by atoms with E-state index in [1.54, 1.807) is 0 Å². The molecule has 1 aliphatic heterocycles. The summed E-state index contributed by atoms with van der Waals surface area (Å²) in [5.41, 5.74) is 4.70. The number of fused-ring (bicyclic) bond motifs is 6. The normalized spacial score (nSPS) is 28.2. The maximum atomic E-state index is 12.8. The molecule has 0 radical (unpaired) electrons. The maximum absolute atomic E-state index is 12.8. The quantitative estimate of drug-likeness (QED) is 0.592. The number of nitrogens with zero attached hydrogens (tertiary/aromatic N) is 2. The summed E-state index contributed by atoms with van der Waals surface area (Å²) in [4.78, 5) is 43.8. The number of benzene rings is 1. The molecule has 4 atom stereocenters. The molecule has 4 aliphatic rings. The molecule has 3 aliphatic carbocycles. The Labute approximate surface area is 184 Å². The van der Waals surface area contributed by atoms with Crippen LogP contribution in [0.1, 0.15) is 30.4 Å². The number of rotatable bonds is 4. The van der Waals surface area contributed by atoms with Crippen LogP contribution in [0.25, 0.3) is 11.3 Å². The zero-order valence-corrected chi connectivity index (χ0v) is 17.9. The van der Waals surface area contributed by atoms with Gasteiger partial charge in [-0.05, 0) is 61.1 Å². The predicted octanol–water partition coefficient (Wildman–Crippen LogP) is 3.43. The molecule has 1 N–H and O–H groups in total. The molecule has 1 aromatic heterocycles. The summed E-state index contributed by atoms with van der Waals surface area (Å²) in [6.45, 7) is -0.238. The van der Waals surface area contributed by atoms with E-state index in [1.165, 1.54) is 35.3 Å². The average molecular weight is 434 g/mol. The summed E-state index contributed by atoms with van der Waals surface area (Å²) in [5, 5.41) is 5.19. The Morgan fingerprint density at radius 1 is 1.06 bits per heavy atom. The van der Waals surface area contributed by atoms with E-state index in [-0.39, 0.29) is 47.9 Å². The second-order valence-electron chi connectivity index (χ2n) is 9.04. The van der Waals surface area contributed by atoms with Crippen LogP contribution in [0.3, 0.4) is 0 Å². The summed E-state index contributed by atoms with van der Waals surface area (Å²) in [6, 6.07) is 6.48. The number of carbonyl (C=O) groups is 3. The molecule has 7 heteroatoms. The van der Waals surface area contributed by atoms with Gasteiger partial charge in [0.05, 0.1) is 17.5 Å². The first-order chi connectivity index (χ1) is 15.1. The summed E-state index contributed by atoms with van der Waals surface area (Å²) >= 11 is 1.36. The third-order valence-electron chi connectivity index (χ3n) is 7.26. The minimum Gasteiger partial charge on any atom is -0.300 e. The number of anilines is 1. The topological polar surface area (TPSA) is 79.4 Å². The number of aryl methyl sites for hydroxylation is 2. The fourth-order valence-corrected chi connectivity index (χ4v) is 6.51. The summed E-state index contributed by atoms with van der Waals surface area (Å²) in [7, 11) is 0. The largest absolute Gasteiger partial charge is 0.300 e. The summed E-state index contributed by atoms with van der Waals surface area (Å²) in [6.07, 6.45) is 9.71. The molecule has 1 saturated heterocycles. The standard InChI is InChI=1S/C24H23N3O3S/c28-19(11-27-22(29)20-16-7-8-17(10-16)21(20)23(27)30)26-24-25-18(12-31-24)15-6-5-13-3-1-2-4-14(13)9-15/h5-9,12,16-17,20-21H,1-4,10-11H2,(H,25,26,28)/t16-,17-,20-,21-/m0/s1. The van der Waals surface area contributed by atoms with Gasteiger partial charge in [-0.3, -0.25) is 19.3 Å². The molecular formula is C24H23N3O3S. The molecule has 1 aromatic carbocycles. The number of thiazole rings is 1. The second kappa shape index (κ2) is 7.12. The van der Waals surface area contributed by atoms with Crippen molar-refractivity contribution in [2.75, 3.05) is 11.9 Å². The van der Waals surface area contributed by atoms with Crippen molar-refractivity contribution in [3.63, 3.8) is 0 Å². The summed E-state index contributed by atoms with van der Waals surface area (Å²) in [5.74, 6) is -1.02. The molecular weight excluding hydrogens is 410 g/mol. The lowest BCUT2D eigenvalue weighted by molar-refractivity contribution is -0.143. The number of carbonyl (C=O) groups excluding carboxylic acids is 3. The lowest BCUT2D eigenvalue weighted by Gasteiger charge is -2.16. The van der Waals surface area contributed by atoms with Crippen molar-refractivity contribution in [3.8, 4) is 11.3 Å². The maximum Gasteiger partial charge on any atom is 0.246 e. The Bertz CT molecular complexity index is 1110.